The predicted octanol–water partition coefficient (Wildman–Crippen LogP) is 4.55. The van der Waals surface area contributed by atoms with Crippen LogP contribution in [0.25, 0.3) is 11.1 Å². The quantitative estimate of drug-likeness (QED) is 0.250. The zero-order valence-electron chi connectivity index (χ0n) is 19.1. The molecule has 0 unspecified atom stereocenters. The minimum Gasteiger partial charge on any atom is -0.329 e. The fourth-order valence-corrected chi connectivity index (χ4v) is 6.94. The number of aryl methyl sites for hydroxylation is 1. The van der Waals surface area contributed by atoms with Crippen LogP contribution in [0.1, 0.15) is 25.1 Å². The van der Waals surface area contributed by atoms with Crippen molar-refractivity contribution in [3.05, 3.63) is 107 Å². The van der Waals surface area contributed by atoms with Gasteiger partial charge in [0.1, 0.15) is 20.8 Å². The lowest BCUT2D eigenvalue weighted by atomic mass is 10.2. The second kappa shape index (κ2) is 10.1. The van der Waals surface area contributed by atoms with Gasteiger partial charge in [0.25, 0.3) is 5.56 Å². The van der Waals surface area contributed by atoms with E-state index in [1.165, 1.54) is 14.0 Å². The van der Waals surface area contributed by atoms with Crippen LogP contribution in [0.2, 0.25) is 0 Å². The number of thiazole rings is 1. The highest BCUT2D eigenvalue weighted by Gasteiger charge is 2.27. The summed E-state index contributed by atoms with van der Waals surface area (Å²) in [6.07, 6.45) is 4.22. The summed E-state index contributed by atoms with van der Waals surface area (Å²) in [6.45, 7) is 6.43. The first-order chi connectivity index (χ1) is 16.6. The van der Waals surface area contributed by atoms with E-state index >= 15 is 0 Å². The Morgan fingerprint density at radius 3 is 2.53 bits per heavy atom. The fourth-order valence-electron chi connectivity index (χ4n) is 4.14. The van der Waals surface area contributed by atoms with Crippen LogP contribution in [0.3, 0.4) is 0 Å². The number of para-hydroxylation sites is 1. The zero-order valence-corrected chi connectivity index (χ0v) is 22.9. The molecule has 0 atom stereocenters. The Bertz CT molecular complexity index is 1520. The van der Waals surface area contributed by atoms with Crippen LogP contribution >= 0.6 is 45.7 Å². The van der Waals surface area contributed by atoms with E-state index < -0.39 is 0 Å². The molecule has 2 aromatic heterocycles. The largest absolute Gasteiger partial charge is 0.329 e. The first kappa shape index (κ1) is 23.4. The van der Waals surface area contributed by atoms with Gasteiger partial charge in [-0.2, -0.15) is 4.57 Å². The maximum Gasteiger partial charge on any atom is 0.271 e. The number of nitrogens with zero attached hydrogens (tertiary/aromatic N) is 3. The van der Waals surface area contributed by atoms with Crippen molar-refractivity contribution in [2.24, 2.45) is 0 Å². The second-order valence-corrected chi connectivity index (χ2v) is 11.3. The van der Waals surface area contributed by atoms with Gasteiger partial charge >= 0.3 is 0 Å². The molecular formula is C27H25IN3OS2+. The van der Waals surface area contributed by atoms with Crippen molar-refractivity contribution >= 4 is 62.5 Å². The maximum atomic E-state index is 13.6. The topological polar surface area (TPSA) is 29.1 Å². The van der Waals surface area contributed by atoms with Crippen molar-refractivity contribution in [3.8, 4) is 0 Å². The van der Waals surface area contributed by atoms with Crippen molar-refractivity contribution in [3.63, 3.8) is 0 Å². The van der Waals surface area contributed by atoms with E-state index in [0.717, 1.165) is 38.7 Å². The van der Waals surface area contributed by atoms with E-state index in [2.05, 4.69) is 106 Å². The van der Waals surface area contributed by atoms with Gasteiger partial charge in [0.05, 0.1) is 5.69 Å². The Morgan fingerprint density at radius 1 is 1.00 bits per heavy atom. The molecule has 7 heteroatoms. The highest BCUT2D eigenvalue weighted by Crippen LogP contribution is 2.46. The van der Waals surface area contributed by atoms with Gasteiger partial charge in [0.15, 0.2) is 6.20 Å². The third-order valence-electron chi connectivity index (χ3n) is 5.87. The first-order valence-electron chi connectivity index (χ1n) is 11.3. The molecule has 0 radical (unpaired) electrons. The molecule has 0 aliphatic carbocycles. The molecule has 4 aromatic rings. The van der Waals surface area contributed by atoms with Gasteiger partial charge in [0, 0.05) is 39.8 Å². The summed E-state index contributed by atoms with van der Waals surface area (Å²) in [5.41, 5.74) is 3.57. The minimum absolute atomic E-state index is 0.0839. The fraction of sp³-hybridized carbons (Fsp3) is 0.185. The molecule has 172 valence electrons. The lowest BCUT2D eigenvalue weighted by Crippen LogP contribution is -2.37. The molecule has 5 rings (SSSR count). The number of aromatic nitrogens is 2. The zero-order chi connectivity index (χ0) is 23.7. The Balaban J connectivity index is 1.70. The van der Waals surface area contributed by atoms with E-state index in [9.17, 15) is 4.79 Å². The number of hydrogen-bond donors (Lipinski definition) is 0. The van der Waals surface area contributed by atoms with Crippen LogP contribution in [-0.4, -0.2) is 4.57 Å². The van der Waals surface area contributed by atoms with Crippen LogP contribution in [0.4, 0.5) is 5.69 Å². The summed E-state index contributed by atoms with van der Waals surface area (Å²) in [6, 6.07) is 23.2. The van der Waals surface area contributed by atoms with Crippen molar-refractivity contribution in [2.45, 2.75) is 38.4 Å². The van der Waals surface area contributed by atoms with E-state index in [1.54, 1.807) is 23.1 Å². The number of halogens is 1. The molecule has 4 nitrogen and oxygen atoms in total. The average Bonchev–Trinajstić information content (AvgIpc) is 3.37. The van der Waals surface area contributed by atoms with E-state index in [1.807, 2.05) is 23.6 Å². The van der Waals surface area contributed by atoms with Gasteiger partial charge < -0.3 is 4.90 Å². The Kier molecular flexibility index (Phi) is 6.94. The number of pyridine rings is 1. The first-order valence-corrected chi connectivity index (χ1v) is 14.0. The van der Waals surface area contributed by atoms with Crippen molar-refractivity contribution in [1.82, 2.24) is 4.57 Å². The van der Waals surface area contributed by atoms with Crippen molar-refractivity contribution in [1.29, 1.82) is 0 Å². The number of rotatable bonds is 5. The molecule has 0 N–H and O–H groups in total. The minimum atomic E-state index is 0.0839. The Labute approximate surface area is 221 Å². The summed E-state index contributed by atoms with van der Waals surface area (Å²) in [7, 11) is 0. The smallest absolute Gasteiger partial charge is 0.271 e. The SMILES string of the molecule is CCn1c(=Cc2cccc[n+]2CC)sc(=C2Sc3ccccc3N2Cc2ccc([125I])cc2)c1=O. The second-order valence-electron chi connectivity index (χ2n) is 7.96. The van der Waals surface area contributed by atoms with E-state index in [-0.39, 0.29) is 5.56 Å². The average molecular weight is 597 g/mol. The van der Waals surface area contributed by atoms with Gasteiger partial charge in [0.2, 0.25) is 5.69 Å². The van der Waals surface area contributed by atoms with E-state index in [4.69, 9.17) is 0 Å². The number of benzene rings is 2. The summed E-state index contributed by atoms with van der Waals surface area (Å²) in [4.78, 5) is 17.1. The van der Waals surface area contributed by atoms with Gasteiger partial charge in [-0.3, -0.25) is 9.36 Å². The number of hydrogen-bond acceptors (Lipinski definition) is 4. The van der Waals surface area contributed by atoms with Crippen LogP contribution in [0.15, 0.2) is 82.6 Å². The van der Waals surface area contributed by atoms with Crippen LogP contribution in [0, 0.1) is 3.57 Å². The number of thioether (sulfide) groups is 1. The molecule has 34 heavy (non-hydrogen) atoms. The van der Waals surface area contributed by atoms with Crippen molar-refractivity contribution in [2.75, 3.05) is 4.90 Å². The lowest BCUT2D eigenvalue weighted by Gasteiger charge is -2.20. The molecule has 3 heterocycles. The van der Waals surface area contributed by atoms with Gasteiger partial charge in [-0.25, -0.2) is 0 Å². The molecule has 0 fully saturated rings. The predicted molar refractivity (Wildman–Crippen MR) is 150 cm³/mol. The standard InChI is InChI=1S/C27H25IN3OS2/c1-3-29-16-8-7-9-21(29)17-24-30(4-2)26(32)25(34-24)27-31(18-19-12-14-20(28)15-13-19)22-10-5-6-11-23(22)33-27/h5-17H,3-4,18H2,1-2H3/q+1/i28-2. The summed E-state index contributed by atoms with van der Waals surface area (Å²) in [5.74, 6) is 0. The van der Waals surface area contributed by atoms with Crippen LogP contribution in [0.5, 0.6) is 0 Å². The van der Waals surface area contributed by atoms with Gasteiger partial charge in [-0.05, 0) is 72.3 Å². The molecule has 0 amide bonds. The molecule has 0 saturated heterocycles. The maximum absolute atomic E-state index is 13.6. The van der Waals surface area contributed by atoms with Crippen LogP contribution in [-0.2, 0) is 19.6 Å². The monoisotopic (exact) mass is 596 g/mol. The van der Waals surface area contributed by atoms with Crippen molar-refractivity contribution < 1.29 is 4.57 Å². The molecular weight excluding hydrogens is 571 g/mol. The molecule has 1 aliphatic rings. The highest BCUT2D eigenvalue weighted by molar-refractivity contribution is 14.1. The number of anilines is 1. The Morgan fingerprint density at radius 2 is 1.76 bits per heavy atom. The third kappa shape index (κ3) is 4.48. The normalized spacial score (nSPS) is 15.1. The lowest BCUT2D eigenvalue weighted by molar-refractivity contribution is -0.695. The Hall–Kier alpha value is -2.36. The van der Waals surface area contributed by atoms with E-state index in [0.29, 0.717) is 6.54 Å². The van der Waals surface area contributed by atoms with Gasteiger partial charge in [-0.15, -0.1) is 11.3 Å². The summed E-state index contributed by atoms with van der Waals surface area (Å²) < 4.78 is 7.09. The third-order valence-corrected chi connectivity index (χ3v) is 9.02. The highest BCUT2D eigenvalue weighted by atomic mass is 125. The molecule has 1 aliphatic heterocycles. The molecule has 2 aromatic carbocycles. The number of fused-ring (bicyclic) bond motifs is 1. The summed E-state index contributed by atoms with van der Waals surface area (Å²) in [5, 5.41) is 1.02. The summed E-state index contributed by atoms with van der Waals surface area (Å²) >= 11 is 5.62. The molecule has 0 saturated carbocycles. The molecule has 0 bridgehead atoms. The van der Waals surface area contributed by atoms with Gasteiger partial charge in [-0.1, -0.05) is 36.0 Å². The van der Waals surface area contributed by atoms with Crippen LogP contribution < -0.4 is 24.2 Å². The molecule has 0 spiro atoms.